The Bertz CT molecular complexity index is 1210. The van der Waals surface area contributed by atoms with E-state index in [0.717, 1.165) is 24.5 Å². The molecule has 2 aliphatic heterocycles. The standard InChI is InChI=1S/C24H27N5O2S2/c1-14-26-27-20-13-25-22(16-5-3-4-6-18(16)32-2)21-17-11-15(12-19(17)33-24(21)29(14)20)23(30)28-7-9-31-10-8-28/h3-6,15,22,25H,7-13H2,1-2H3. The fourth-order valence-electron chi connectivity index (χ4n) is 5.37. The summed E-state index contributed by atoms with van der Waals surface area (Å²) >= 11 is 3.60. The number of aryl methyl sites for hydroxylation is 1. The predicted molar refractivity (Wildman–Crippen MR) is 129 cm³/mol. The maximum absolute atomic E-state index is 13.3. The van der Waals surface area contributed by atoms with Crippen LogP contribution in [0.4, 0.5) is 0 Å². The number of thioether (sulfide) groups is 1. The van der Waals surface area contributed by atoms with Crippen molar-refractivity contribution in [3.8, 4) is 5.00 Å². The number of hydrogen-bond acceptors (Lipinski definition) is 7. The minimum Gasteiger partial charge on any atom is -0.378 e. The van der Waals surface area contributed by atoms with Crippen LogP contribution >= 0.6 is 23.1 Å². The van der Waals surface area contributed by atoms with E-state index in [1.807, 2.05) is 23.2 Å². The second-order valence-electron chi connectivity index (χ2n) is 8.82. The highest BCUT2D eigenvalue weighted by Gasteiger charge is 2.39. The van der Waals surface area contributed by atoms with E-state index in [1.165, 1.54) is 31.5 Å². The van der Waals surface area contributed by atoms with Crippen LogP contribution in [0.25, 0.3) is 5.00 Å². The first-order chi connectivity index (χ1) is 16.2. The molecule has 9 heteroatoms. The lowest BCUT2D eigenvalue weighted by Gasteiger charge is -2.29. The molecule has 1 saturated heterocycles. The maximum Gasteiger partial charge on any atom is 0.226 e. The largest absolute Gasteiger partial charge is 0.378 e. The summed E-state index contributed by atoms with van der Waals surface area (Å²) in [5.41, 5.74) is 3.93. The van der Waals surface area contributed by atoms with Gasteiger partial charge < -0.3 is 9.64 Å². The first kappa shape index (κ1) is 21.3. The molecular weight excluding hydrogens is 454 g/mol. The van der Waals surface area contributed by atoms with Gasteiger partial charge in [0.25, 0.3) is 0 Å². The quantitative estimate of drug-likeness (QED) is 0.580. The Morgan fingerprint density at radius 2 is 2.03 bits per heavy atom. The van der Waals surface area contributed by atoms with Crippen molar-refractivity contribution in [3.63, 3.8) is 0 Å². The first-order valence-electron chi connectivity index (χ1n) is 11.4. The summed E-state index contributed by atoms with van der Waals surface area (Å²) < 4.78 is 7.67. The Morgan fingerprint density at radius 3 is 2.85 bits per heavy atom. The highest BCUT2D eigenvalue weighted by atomic mass is 32.2. The maximum atomic E-state index is 13.3. The van der Waals surface area contributed by atoms with Crippen molar-refractivity contribution in [2.24, 2.45) is 5.92 Å². The SMILES string of the molecule is CSc1ccccc1C1NCc2nnc(C)n2-c2sc3c(c21)CC(C(=O)N1CCOCC1)C3. The van der Waals surface area contributed by atoms with Crippen molar-refractivity contribution < 1.29 is 9.53 Å². The van der Waals surface area contributed by atoms with Gasteiger partial charge in [-0.2, -0.15) is 0 Å². The number of hydrogen-bond donors (Lipinski definition) is 1. The van der Waals surface area contributed by atoms with Crippen molar-refractivity contribution in [2.75, 3.05) is 32.6 Å². The minimum atomic E-state index is 0.0239. The minimum absolute atomic E-state index is 0.0239. The highest BCUT2D eigenvalue weighted by Crippen LogP contribution is 2.47. The average Bonchev–Trinajstić information content (AvgIpc) is 3.49. The third-order valence-corrected chi connectivity index (χ3v) is 9.03. The zero-order valence-corrected chi connectivity index (χ0v) is 20.5. The lowest BCUT2D eigenvalue weighted by molar-refractivity contribution is -0.139. The molecular formula is C24H27N5O2S2. The number of amides is 1. The number of rotatable bonds is 3. The normalized spacial score (nSPS) is 21.9. The van der Waals surface area contributed by atoms with Crippen LogP contribution in [0.2, 0.25) is 0 Å². The van der Waals surface area contributed by atoms with Gasteiger partial charge >= 0.3 is 0 Å². The molecule has 2 aromatic heterocycles. The van der Waals surface area contributed by atoms with E-state index in [1.54, 1.807) is 11.8 Å². The number of carbonyl (C=O) groups is 1. The second kappa shape index (κ2) is 8.54. The Morgan fingerprint density at radius 1 is 1.21 bits per heavy atom. The summed E-state index contributed by atoms with van der Waals surface area (Å²) in [6, 6.07) is 8.68. The smallest absolute Gasteiger partial charge is 0.226 e. The first-order valence-corrected chi connectivity index (χ1v) is 13.5. The van der Waals surface area contributed by atoms with Crippen LogP contribution in [0.5, 0.6) is 0 Å². The van der Waals surface area contributed by atoms with E-state index in [0.29, 0.717) is 32.8 Å². The third-order valence-electron chi connectivity index (χ3n) is 6.96. The van der Waals surface area contributed by atoms with Crippen LogP contribution < -0.4 is 5.32 Å². The van der Waals surface area contributed by atoms with E-state index in [-0.39, 0.29) is 17.9 Å². The van der Waals surface area contributed by atoms with Gasteiger partial charge in [0.1, 0.15) is 10.8 Å². The van der Waals surface area contributed by atoms with Gasteiger partial charge in [0.05, 0.1) is 25.8 Å². The fraction of sp³-hybridized carbons (Fsp3) is 0.458. The van der Waals surface area contributed by atoms with Crippen LogP contribution in [0.1, 0.15) is 39.3 Å². The molecule has 1 N–H and O–H groups in total. The molecule has 0 bridgehead atoms. The van der Waals surface area contributed by atoms with Crippen molar-refractivity contribution >= 4 is 29.0 Å². The van der Waals surface area contributed by atoms with Gasteiger partial charge in [0, 0.05) is 34.3 Å². The van der Waals surface area contributed by atoms with Crippen LogP contribution in [0.3, 0.4) is 0 Å². The summed E-state index contributed by atoms with van der Waals surface area (Å²) in [6.45, 7) is 5.36. The van der Waals surface area contributed by atoms with Crippen molar-refractivity contribution in [1.82, 2.24) is 25.0 Å². The van der Waals surface area contributed by atoms with E-state index in [9.17, 15) is 4.79 Å². The summed E-state index contributed by atoms with van der Waals surface area (Å²) in [4.78, 5) is 17.9. The molecule has 0 spiro atoms. The Hall–Kier alpha value is -2.20. The summed E-state index contributed by atoms with van der Waals surface area (Å²) in [6.07, 6.45) is 3.74. The molecule has 2 unspecified atom stereocenters. The van der Waals surface area contributed by atoms with E-state index < -0.39 is 0 Å². The number of nitrogens with zero attached hydrogens (tertiary/aromatic N) is 4. The van der Waals surface area contributed by atoms with Gasteiger partial charge in [-0.3, -0.25) is 14.7 Å². The van der Waals surface area contributed by atoms with Gasteiger partial charge in [-0.05, 0) is 43.2 Å². The number of benzene rings is 1. The zero-order valence-electron chi connectivity index (χ0n) is 18.8. The van der Waals surface area contributed by atoms with E-state index in [2.05, 4.69) is 50.6 Å². The number of nitrogens with one attached hydrogen (secondary N) is 1. The molecule has 7 nitrogen and oxygen atoms in total. The molecule has 6 rings (SSSR count). The molecule has 0 radical (unpaired) electrons. The van der Waals surface area contributed by atoms with Gasteiger partial charge in [0.2, 0.25) is 5.91 Å². The zero-order chi connectivity index (χ0) is 22.5. The third kappa shape index (κ3) is 3.53. The number of thiophene rings is 1. The fourth-order valence-corrected chi connectivity index (χ4v) is 7.53. The van der Waals surface area contributed by atoms with Crippen molar-refractivity contribution in [2.45, 2.75) is 37.2 Å². The van der Waals surface area contributed by atoms with Gasteiger partial charge in [-0.15, -0.1) is 33.3 Å². The number of ether oxygens (including phenoxy) is 1. The molecule has 1 aliphatic carbocycles. The van der Waals surface area contributed by atoms with E-state index in [4.69, 9.17) is 4.74 Å². The van der Waals surface area contributed by atoms with Crippen molar-refractivity contribution in [3.05, 3.63) is 57.5 Å². The molecule has 1 amide bonds. The Balaban J connectivity index is 1.43. The lowest BCUT2D eigenvalue weighted by Crippen LogP contribution is -2.44. The highest BCUT2D eigenvalue weighted by molar-refractivity contribution is 7.98. The molecule has 172 valence electrons. The molecule has 0 saturated carbocycles. The number of carbonyl (C=O) groups excluding carboxylic acids is 1. The Kier molecular flexibility index (Phi) is 5.52. The molecule has 3 aliphatic rings. The van der Waals surface area contributed by atoms with Crippen molar-refractivity contribution in [1.29, 1.82) is 0 Å². The second-order valence-corrected chi connectivity index (χ2v) is 10.8. The Labute approximate surface area is 201 Å². The molecule has 33 heavy (non-hydrogen) atoms. The summed E-state index contributed by atoms with van der Waals surface area (Å²) in [7, 11) is 0. The predicted octanol–water partition coefficient (Wildman–Crippen LogP) is 3.13. The van der Waals surface area contributed by atoms with Gasteiger partial charge in [-0.1, -0.05) is 18.2 Å². The molecule has 1 aromatic carbocycles. The van der Waals surface area contributed by atoms with Gasteiger partial charge in [0.15, 0.2) is 5.82 Å². The van der Waals surface area contributed by atoms with E-state index >= 15 is 0 Å². The molecule has 4 heterocycles. The van der Waals surface area contributed by atoms with Gasteiger partial charge in [-0.25, -0.2) is 0 Å². The average molecular weight is 482 g/mol. The van der Waals surface area contributed by atoms with Crippen LogP contribution in [-0.4, -0.2) is 58.1 Å². The number of fused-ring (bicyclic) bond motifs is 5. The lowest BCUT2D eigenvalue weighted by atomic mass is 9.94. The molecule has 2 atom stereocenters. The summed E-state index contributed by atoms with van der Waals surface area (Å²) in [5, 5.41) is 13.8. The van der Waals surface area contributed by atoms with Crippen LogP contribution in [0, 0.1) is 12.8 Å². The topological polar surface area (TPSA) is 72.3 Å². The van der Waals surface area contributed by atoms with Crippen LogP contribution in [-0.2, 0) is 28.9 Å². The molecule has 1 fully saturated rings. The number of morpholine rings is 1. The monoisotopic (exact) mass is 481 g/mol. The molecule has 3 aromatic rings. The number of aromatic nitrogens is 3. The van der Waals surface area contributed by atoms with Crippen LogP contribution in [0.15, 0.2) is 29.2 Å². The summed E-state index contributed by atoms with van der Waals surface area (Å²) in [5.74, 6) is 2.15.